The number of hydrogen-bond donors (Lipinski definition) is 1. The standard InChI is InChI=1S/C20H21N3O5S/c1-12-10-16(22-28-12)21-18(25)13(2)27-19(26)15-11-29-20(9-8-17(24)23(15)20)14-6-4-3-5-7-14/h3-7,10,13,15H,8-9,11H2,1-2H3,(H,21,22,25)/t13-,15+,20+/m0/s1. The third-order valence-electron chi connectivity index (χ3n) is 5.17. The lowest BCUT2D eigenvalue weighted by Gasteiger charge is -2.33. The monoisotopic (exact) mass is 415 g/mol. The minimum Gasteiger partial charge on any atom is -0.451 e. The van der Waals surface area contributed by atoms with Crippen LogP contribution in [-0.2, 0) is 24.0 Å². The fourth-order valence-corrected chi connectivity index (χ4v) is 5.41. The number of nitrogens with zero attached hydrogens (tertiary/aromatic N) is 2. The van der Waals surface area contributed by atoms with E-state index in [9.17, 15) is 14.4 Å². The number of carbonyl (C=O) groups excluding carboxylic acids is 3. The highest BCUT2D eigenvalue weighted by molar-refractivity contribution is 8.00. The highest BCUT2D eigenvalue weighted by Crippen LogP contribution is 2.54. The minimum absolute atomic E-state index is 0.0732. The number of amides is 2. The maximum Gasteiger partial charge on any atom is 0.330 e. The Morgan fingerprint density at radius 1 is 1.38 bits per heavy atom. The van der Waals surface area contributed by atoms with Crippen molar-refractivity contribution < 1.29 is 23.6 Å². The van der Waals surface area contributed by atoms with Gasteiger partial charge in [-0.3, -0.25) is 9.59 Å². The summed E-state index contributed by atoms with van der Waals surface area (Å²) in [5, 5.41) is 6.23. The lowest BCUT2D eigenvalue weighted by Crippen LogP contribution is -2.48. The predicted molar refractivity (Wildman–Crippen MR) is 106 cm³/mol. The van der Waals surface area contributed by atoms with Crippen LogP contribution in [0.1, 0.15) is 31.1 Å². The largest absolute Gasteiger partial charge is 0.451 e. The number of hydrogen-bond acceptors (Lipinski definition) is 7. The van der Waals surface area contributed by atoms with Gasteiger partial charge in [-0.2, -0.15) is 0 Å². The first-order valence-electron chi connectivity index (χ1n) is 9.37. The Hall–Kier alpha value is -2.81. The molecule has 1 N–H and O–H groups in total. The number of ether oxygens (including phenoxy) is 1. The van der Waals surface area contributed by atoms with Crippen molar-refractivity contribution in [2.75, 3.05) is 11.1 Å². The second kappa shape index (κ2) is 7.55. The lowest BCUT2D eigenvalue weighted by molar-refractivity contribution is -0.160. The summed E-state index contributed by atoms with van der Waals surface area (Å²) in [5.74, 6) is 0.0678. The molecule has 0 unspecified atom stereocenters. The van der Waals surface area contributed by atoms with Gasteiger partial charge in [-0.15, -0.1) is 11.8 Å². The Morgan fingerprint density at radius 3 is 2.83 bits per heavy atom. The fraction of sp³-hybridized carbons (Fsp3) is 0.400. The van der Waals surface area contributed by atoms with E-state index in [-0.39, 0.29) is 11.7 Å². The third kappa shape index (κ3) is 3.50. The van der Waals surface area contributed by atoms with Crippen LogP contribution in [0.25, 0.3) is 0 Å². The zero-order valence-corrected chi connectivity index (χ0v) is 16.9. The van der Waals surface area contributed by atoms with Crippen LogP contribution in [0.2, 0.25) is 0 Å². The van der Waals surface area contributed by atoms with Crippen molar-refractivity contribution in [3.05, 3.63) is 47.7 Å². The number of aromatic nitrogens is 1. The number of aryl methyl sites for hydroxylation is 1. The molecule has 2 aliphatic heterocycles. The highest BCUT2D eigenvalue weighted by Gasteiger charge is 2.57. The van der Waals surface area contributed by atoms with Crippen LogP contribution in [0.3, 0.4) is 0 Å². The third-order valence-corrected chi connectivity index (χ3v) is 6.76. The summed E-state index contributed by atoms with van der Waals surface area (Å²) in [6.07, 6.45) is -0.00654. The maximum absolute atomic E-state index is 12.8. The summed E-state index contributed by atoms with van der Waals surface area (Å²) in [6.45, 7) is 3.19. The van der Waals surface area contributed by atoms with Gasteiger partial charge >= 0.3 is 5.97 Å². The number of rotatable bonds is 5. The van der Waals surface area contributed by atoms with E-state index in [0.717, 1.165) is 5.56 Å². The average Bonchev–Trinajstić information content (AvgIpc) is 3.39. The zero-order chi connectivity index (χ0) is 20.6. The molecular weight excluding hydrogens is 394 g/mol. The molecule has 2 amide bonds. The number of thioether (sulfide) groups is 1. The molecule has 0 aliphatic carbocycles. The van der Waals surface area contributed by atoms with Gasteiger partial charge in [0.15, 0.2) is 11.9 Å². The van der Waals surface area contributed by atoms with E-state index >= 15 is 0 Å². The lowest BCUT2D eigenvalue weighted by atomic mass is 10.0. The first-order valence-corrected chi connectivity index (χ1v) is 10.4. The van der Waals surface area contributed by atoms with Crippen molar-refractivity contribution >= 4 is 35.4 Å². The Balaban J connectivity index is 1.46. The molecule has 9 heteroatoms. The summed E-state index contributed by atoms with van der Waals surface area (Å²) in [4.78, 5) is 38.8. The van der Waals surface area contributed by atoms with Gasteiger partial charge in [-0.05, 0) is 25.8 Å². The summed E-state index contributed by atoms with van der Waals surface area (Å²) in [6, 6.07) is 10.6. The number of anilines is 1. The summed E-state index contributed by atoms with van der Waals surface area (Å²) in [5.41, 5.74) is 0.998. The molecule has 4 rings (SSSR count). The van der Waals surface area contributed by atoms with E-state index in [0.29, 0.717) is 24.4 Å². The molecule has 8 nitrogen and oxygen atoms in total. The second-order valence-corrected chi connectivity index (χ2v) is 8.43. The van der Waals surface area contributed by atoms with Crippen molar-refractivity contribution in [3.63, 3.8) is 0 Å². The van der Waals surface area contributed by atoms with Crippen LogP contribution in [0.15, 0.2) is 40.9 Å². The first kappa shape index (κ1) is 19.5. The summed E-state index contributed by atoms with van der Waals surface area (Å²) >= 11 is 1.58. The Kier molecular flexibility index (Phi) is 5.08. The van der Waals surface area contributed by atoms with Crippen molar-refractivity contribution in [1.82, 2.24) is 10.1 Å². The van der Waals surface area contributed by atoms with E-state index < -0.39 is 28.9 Å². The van der Waals surface area contributed by atoms with Gasteiger partial charge in [0, 0.05) is 18.2 Å². The molecule has 3 heterocycles. The smallest absolute Gasteiger partial charge is 0.330 e. The molecule has 2 aliphatic rings. The van der Waals surface area contributed by atoms with E-state index in [2.05, 4.69) is 10.5 Å². The van der Waals surface area contributed by atoms with Crippen molar-refractivity contribution in [2.24, 2.45) is 0 Å². The van der Waals surface area contributed by atoms with Gasteiger partial charge < -0.3 is 19.5 Å². The molecule has 3 atom stereocenters. The van der Waals surface area contributed by atoms with Gasteiger partial charge in [0.25, 0.3) is 5.91 Å². The molecule has 29 heavy (non-hydrogen) atoms. The Bertz CT molecular complexity index is 947. The van der Waals surface area contributed by atoms with Gasteiger partial charge in [0.1, 0.15) is 16.7 Å². The van der Waals surface area contributed by atoms with Crippen molar-refractivity contribution in [1.29, 1.82) is 0 Å². The molecule has 0 spiro atoms. The van der Waals surface area contributed by atoms with Gasteiger partial charge in [-0.25, -0.2) is 4.79 Å². The molecule has 1 aromatic heterocycles. The zero-order valence-electron chi connectivity index (χ0n) is 16.1. The van der Waals surface area contributed by atoms with Gasteiger partial charge in [0.05, 0.1) is 0 Å². The highest BCUT2D eigenvalue weighted by atomic mass is 32.2. The maximum atomic E-state index is 12.8. The van der Waals surface area contributed by atoms with Crippen molar-refractivity contribution in [3.8, 4) is 0 Å². The van der Waals surface area contributed by atoms with E-state index in [1.165, 1.54) is 6.92 Å². The van der Waals surface area contributed by atoms with Crippen LogP contribution >= 0.6 is 11.8 Å². The van der Waals surface area contributed by atoms with Gasteiger partial charge in [-0.1, -0.05) is 35.5 Å². The second-order valence-electron chi connectivity index (χ2n) is 7.13. The van der Waals surface area contributed by atoms with Crippen LogP contribution in [-0.4, -0.2) is 45.7 Å². The SMILES string of the molecule is Cc1cc(NC(=O)[C@H](C)OC(=O)[C@H]2CS[C@@]3(c4ccccc4)CCC(=O)N23)no1. The van der Waals surface area contributed by atoms with Gasteiger partial charge in [0.2, 0.25) is 5.91 Å². The Morgan fingerprint density at radius 2 is 2.14 bits per heavy atom. The number of benzene rings is 1. The number of esters is 1. The van der Waals surface area contributed by atoms with Crippen LogP contribution in [0, 0.1) is 6.92 Å². The first-order chi connectivity index (χ1) is 13.9. The summed E-state index contributed by atoms with van der Waals surface area (Å²) < 4.78 is 10.3. The predicted octanol–water partition coefficient (Wildman–Crippen LogP) is 2.44. The number of nitrogens with one attached hydrogen (secondary N) is 1. The number of carbonyl (C=O) groups is 3. The van der Waals surface area contributed by atoms with Crippen LogP contribution < -0.4 is 5.32 Å². The van der Waals surface area contributed by atoms with Crippen molar-refractivity contribution in [2.45, 2.75) is 43.7 Å². The normalized spacial score (nSPS) is 24.3. The van der Waals surface area contributed by atoms with E-state index in [1.807, 2.05) is 30.3 Å². The van der Waals surface area contributed by atoms with Crippen LogP contribution in [0.5, 0.6) is 0 Å². The molecule has 1 aromatic carbocycles. The molecule has 2 saturated heterocycles. The molecule has 2 aromatic rings. The molecule has 0 saturated carbocycles. The number of fused-ring (bicyclic) bond motifs is 1. The van der Waals surface area contributed by atoms with E-state index in [1.54, 1.807) is 29.7 Å². The molecule has 2 fully saturated rings. The minimum atomic E-state index is -1.03. The molecule has 152 valence electrons. The van der Waals surface area contributed by atoms with E-state index in [4.69, 9.17) is 9.26 Å². The quantitative estimate of drug-likeness (QED) is 0.749. The Labute approximate surface area is 171 Å². The van der Waals surface area contributed by atoms with Crippen LogP contribution in [0.4, 0.5) is 5.82 Å². The molecule has 0 bridgehead atoms. The molecular formula is C20H21N3O5S. The average molecular weight is 415 g/mol. The fourth-order valence-electron chi connectivity index (χ4n) is 3.78. The topological polar surface area (TPSA) is 102 Å². The molecule has 0 radical (unpaired) electrons. The summed E-state index contributed by atoms with van der Waals surface area (Å²) in [7, 11) is 0.